The lowest BCUT2D eigenvalue weighted by Gasteiger charge is -2.29. The average molecular weight is 455 g/mol. The van der Waals surface area contributed by atoms with Crippen LogP contribution in [0.5, 0.6) is 0 Å². The van der Waals surface area contributed by atoms with Gasteiger partial charge in [-0.05, 0) is 79.8 Å². The van der Waals surface area contributed by atoms with Crippen molar-refractivity contribution < 1.29 is 9.59 Å². The molecule has 4 nitrogen and oxygen atoms in total. The molecule has 3 aromatic carbocycles. The van der Waals surface area contributed by atoms with Gasteiger partial charge in [-0.15, -0.1) is 0 Å². The molecule has 34 heavy (non-hydrogen) atoms. The molecule has 0 radical (unpaired) electrons. The Morgan fingerprint density at radius 2 is 1.59 bits per heavy atom. The minimum atomic E-state index is -0.112. The van der Waals surface area contributed by atoms with Crippen molar-refractivity contribution in [1.82, 2.24) is 5.32 Å². The number of nitrogens with one attached hydrogen (secondary N) is 1. The Kier molecular flexibility index (Phi) is 7.91. The van der Waals surface area contributed by atoms with Gasteiger partial charge in [-0.3, -0.25) is 9.59 Å². The minimum Gasteiger partial charge on any atom is -0.349 e. The fourth-order valence-electron chi connectivity index (χ4n) is 4.88. The smallest absolute Gasteiger partial charge is 0.223 e. The third-order valence-electron chi connectivity index (χ3n) is 7.06. The average Bonchev–Trinajstić information content (AvgIpc) is 2.89. The van der Waals surface area contributed by atoms with E-state index in [0.717, 1.165) is 48.8 Å². The molecule has 1 fully saturated rings. The van der Waals surface area contributed by atoms with E-state index < -0.39 is 0 Å². The first-order chi connectivity index (χ1) is 16.5. The second-order valence-corrected chi connectivity index (χ2v) is 9.46. The normalized spacial score (nSPS) is 18.8. The first-order valence-electron chi connectivity index (χ1n) is 12.3. The highest BCUT2D eigenvalue weighted by Crippen LogP contribution is 2.30. The first-order valence-corrected chi connectivity index (χ1v) is 12.3. The van der Waals surface area contributed by atoms with Crippen LogP contribution in [-0.2, 0) is 11.2 Å². The van der Waals surface area contributed by atoms with E-state index in [-0.39, 0.29) is 23.7 Å². The molecule has 4 heteroatoms. The summed E-state index contributed by atoms with van der Waals surface area (Å²) in [7, 11) is 0. The van der Waals surface area contributed by atoms with Crippen molar-refractivity contribution >= 4 is 11.7 Å². The van der Waals surface area contributed by atoms with Gasteiger partial charge >= 0.3 is 0 Å². The predicted molar refractivity (Wildman–Crippen MR) is 137 cm³/mol. The van der Waals surface area contributed by atoms with Gasteiger partial charge in [-0.1, -0.05) is 72.8 Å². The van der Waals surface area contributed by atoms with Crippen LogP contribution in [-0.4, -0.2) is 18.2 Å². The van der Waals surface area contributed by atoms with Crippen LogP contribution in [0.15, 0.2) is 78.9 Å². The Morgan fingerprint density at radius 3 is 2.24 bits per heavy atom. The third kappa shape index (κ3) is 6.00. The number of amides is 1. The summed E-state index contributed by atoms with van der Waals surface area (Å²) in [6.07, 6.45) is 4.62. The zero-order valence-corrected chi connectivity index (χ0v) is 19.9. The zero-order chi connectivity index (χ0) is 23.9. The van der Waals surface area contributed by atoms with Crippen LogP contribution < -0.4 is 11.1 Å². The molecule has 1 atom stereocenters. The van der Waals surface area contributed by atoms with Crippen molar-refractivity contribution in [3.8, 4) is 11.1 Å². The number of rotatable bonds is 8. The van der Waals surface area contributed by atoms with E-state index in [2.05, 4.69) is 35.6 Å². The van der Waals surface area contributed by atoms with E-state index in [1.165, 1.54) is 5.56 Å². The van der Waals surface area contributed by atoms with Gasteiger partial charge in [0.1, 0.15) is 0 Å². The molecule has 0 spiro atoms. The fourth-order valence-corrected chi connectivity index (χ4v) is 4.88. The highest BCUT2D eigenvalue weighted by Gasteiger charge is 2.27. The van der Waals surface area contributed by atoms with Crippen LogP contribution in [0.3, 0.4) is 0 Å². The summed E-state index contributed by atoms with van der Waals surface area (Å²) in [5.41, 5.74) is 10.9. The van der Waals surface area contributed by atoms with Gasteiger partial charge in [0.15, 0.2) is 5.78 Å². The van der Waals surface area contributed by atoms with E-state index in [4.69, 9.17) is 5.73 Å². The topological polar surface area (TPSA) is 72.2 Å². The van der Waals surface area contributed by atoms with Crippen LogP contribution in [0.1, 0.15) is 60.1 Å². The molecule has 1 aliphatic rings. The minimum absolute atomic E-state index is 0.0587. The van der Waals surface area contributed by atoms with E-state index in [1.807, 2.05) is 48.5 Å². The Balaban J connectivity index is 1.56. The second kappa shape index (κ2) is 11.3. The van der Waals surface area contributed by atoms with Crippen molar-refractivity contribution in [3.63, 3.8) is 0 Å². The summed E-state index contributed by atoms with van der Waals surface area (Å²) < 4.78 is 0. The number of carbonyl (C=O) groups excluding carboxylic acids is 2. The van der Waals surface area contributed by atoms with Crippen molar-refractivity contribution in [2.75, 3.05) is 6.54 Å². The molecule has 0 saturated heterocycles. The molecule has 176 valence electrons. The summed E-state index contributed by atoms with van der Waals surface area (Å²) in [6.45, 7) is 2.29. The van der Waals surface area contributed by atoms with Crippen LogP contribution in [0.25, 0.3) is 11.1 Å². The molecule has 0 aliphatic heterocycles. The SMILES string of the molecule is CC(=O)c1ccc(-c2cccc(C(Cc3ccccc3)NC(=O)C3CCC(CN)CC3)c2)cc1. The maximum atomic E-state index is 13.2. The van der Waals surface area contributed by atoms with E-state index in [0.29, 0.717) is 18.0 Å². The Labute approximate surface area is 202 Å². The fraction of sp³-hybridized carbons (Fsp3) is 0.333. The number of Topliss-reactive ketones (excluding diaryl/α,β-unsaturated/α-hetero) is 1. The molecule has 3 aromatic rings. The van der Waals surface area contributed by atoms with Gasteiger partial charge in [0, 0.05) is 11.5 Å². The highest BCUT2D eigenvalue weighted by atomic mass is 16.2. The predicted octanol–water partition coefficient (Wildman–Crippen LogP) is 5.72. The summed E-state index contributed by atoms with van der Waals surface area (Å²) >= 11 is 0. The molecular weight excluding hydrogens is 420 g/mol. The zero-order valence-electron chi connectivity index (χ0n) is 19.9. The number of hydrogen-bond donors (Lipinski definition) is 2. The highest BCUT2D eigenvalue weighted by molar-refractivity contribution is 5.94. The van der Waals surface area contributed by atoms with Crippen LogP contribution >= 0.6 is 0 Å². The van der Waals surface area contributed by atoms with E-state index in [9.17, 15) is 9.59 Å². The van der Waals surface area contributed by atoms with Crippen LogP contribution in [0.2, 0.25) is 0 Å². The van der Waals surface area contributed by atoms with Crippen LogP contribution in [0.4, 0.5) is 0 Å². The largest absolute Gasteiger partial charge is 0.349 e. The lowest BCUT2D eigenvalue weighted by atomic mass is 9.81. The Morgan fingerprint density at radius 1 is 0.882 bits per heavy atom. The summed E-state index contributed by atoms with van der Waals surface area (Å²) in [4.78, 5) is 24.9. The molecule has 1 aliphatic carbocycles. The van der Waals surface area contributed by atoms with Gasteiger partial charge in [0.25, 0.3) is 0 Å². The number of benzene rings is 3. The molecule has 1 saturated carbocycles. The Bertz CT molecular complexity index is 1100. The quantitative estimate of drug-likeness (QED) is 0.428. The molecule has 0 bridgehead atoms. The van der Waals surface area contributed by atoms with Crippen molar-refractivity contribution in [2.45, 2.75) is 45.1 Å². The Hall–Kier alpha value is -3.24. The van der Waals surface area contributed by atoms with Gasteiger partial charge < -0.3 is 11.1 Å². The van der Waals surface area contributed by atoms with E-state index in [1.54, 1.807) is 6.92 Å². The standard InChI is InChI=1S/C30H34N2O2/c1-21(33)24-14-16-25(17-15-24)27-8-5-9-28(19-27)29(18-22-6-3-2-4-7-22)32-30(34)26-12-10-23(20-31)11-13-26/h2-9,14-17,19,23,26,29H,10-13,18,20,31H2,1H3,(H,32,34). The molecule has 1 amide bonds. The van der Waals surface area contributed by atoms with Gasteiger partial charge in [0.2, 0.25) is 5.91 Å². The molecular formula is C30H34N2O2. The maximum Gasteiger partial charge on any atom is 0.223 e. The number of nitrogens with two attached hydrogens (primary N) is 1. The molecule has 1 unspecified atom stereocenters. The van der Waals surface area contributed by atoms with Crippen molar-refractivity contribution in [1.29, 1.82) is 0 Å². The monoisotopic (exact) mass is 454 g/mol. The van der Waals surface area contributed by atoms with Crippen LogP contribution in [0, 0.1) is 11.8 Å². The van der Waals surface area contributed by atoms with Gasteiger partial charge in [0.05, 0.1) is 6.04 Å². The maximum absolute atomic E-state index is 13.2. The summed E-state index contributed by atoms with van der Waals surface area (Å²) in [5, 5.41) is 3.37. The number of ketones is 1. The van der Waals surface area contributed by atoms with E-state index >= 15 is 0 Å². The molecule has 3 N–H and O–H groups in total. The van der Waals surface area contributed by atoms with Crippen molar-refractivity contribution in [3.05, 3.63) is 95.6 Å². The lowest BCUT2D eigenvalue weighted by molar-refractivity contribution is -0.127. The lowest BCUT2D eigenvalue weighted by Crippen LogP contribution is -2.37. The van der Waals surface area contributed by atoms with Gasteiger partial charge in [-0.2, -0.15) is 0 Å². The third-order valence-corrected chi connectivity index (χ3v) is 7.06. The summed E-state index contributed by atoms with van der Waals surface area (Å²) in [6, 6.07) is 26.2. The second-order valence-electron chi connectivity index (χ2n) is 9.46. The number of hydrogen-bond acceptors (Lipinski definition) is 3. The number of carbonyl (C=O) groups is 2. The summed E-state index contributed by atoms with van der Waals surface area (Å²) in [5.74, 6) is 0.817. The molecule has 0 heterocycles. The first kappa shape index (κ1) is 23.9. The molecule has 0 aromatic heterocycles. The van der Waals surface area contributed by atoms with Gasteiger partial charge in [-0.25, -0.2) is 0 Å². The van der Waals surface area contributed by atoms with Crippen molar-refractivity contribution in [2.24, 2.45) is 17.6 Å². The molecule has 4 rings (SSSR count).